The first-order chi connectivity index (χ1) is 8.13. The summed E-state index contributed by atoms with van der Waals surface area (Å²) in [5.74, 6) is -0.687. The van der Waals surface area contributed by atoms with Crippen LogP contribution in [-0.2, 0) is 14.2 Å². The highest BCUT2D eigenvalue weighted by Crippen LogP contribution is 2.24. The number of nitrogens with one attached hydrogen (secondary N) is 1. The smallest absolute Gasteiger partial charge is 0.408 e. The molecule has 106 valence electrons. The predicted octanol–water partition coefficient (Wildman–Crippen LogP) is 1.02. The van der Waals surface area contributed by atoms with E-state index < -0.39 is 23.5 Å². The van der Waals surface area contributed by atoms with Gasteiger partial charge >= 0.3 is 6.09 Å². The lowest BCUT2D eigenvalue weighted by atomic mass is 10.2. The minimum absolute atomic E-state index is 0.233. The summed E-state index contributed by atoms with van der Waals surface area (Å²) in [5, 5.41) is 11.9. The number of alkyl carbamates (subject to hydrolysis) is 1. The molecule has 0 aromatic carbocycles. The van der Waals surface area contributed by atoms with Crippen molar-refractivity contribution in [3.63, 3.8) is 0 Å². The molecule has 0 bridgehead atoms. The molecule has 2 N–H and O–H groups in total. The Hall–Kier alpha value is -0.850. The molecule has 0 radical (unpaired) electrons. The van der Waals surface area contributed by atoms with Crippen LogP contribution >= 0.6 is 0 Å². The van der Waals surface area contributed by atoms with Crippen LogP contribution < -0.4 is 5.32 Å². The molecular weight excluding hydrogens is 238 g/mol. The van der Waals surface area contributed by atoms with Crippen molar-refractivity contribution >= 4 is 6.09 Å². The number of hydrogen-bond donors (Lipinski definition) is 2. The molecule has 1 fully saturated rings. The zero-order chi connectivity index (χ0) is 14.0. The fourth-order valence-corrected chi connectivity index (χ4v) is 1.63. The second-order valence-electron chi connectivity index (χ2n) is 5.80. The fourth-order valence-electron chi connectivity index (χ4n) is 1.63. The van der Waals surface area contributed by atoms with Crippen LogP contribution in [0.15, 0.2) is 0 Å². The van der Waals surface area contributed by atoms with E-state index in [1.165, 1.54) is 0 Å². The Morgan fingerprint density at radius 1 is 1.56 bits per heavy atom. The summed E-state index contributed by atoms with van der Waals surface area (Å²) in [7, 11) is 0. The Morgan fingerprint density at radius 2 is 2.17 bits per heavy atom. The van der Waals surface area contributed by atoms with E-state index >= 15 is 0 Å². The number of aliphatic hydroxyl groups is 1. The summed E-state index contributed by atoms with van der Waals surface area (Å²) in [6.45, 7) is 9.00. The van der Waals surface area contributed by atoms with Crippen LogP contribution in [0.1, 0.15) is 34.6 Å². The molecule has 1 amide bonds. The van der Waals surface area contributed by atoms with E-state index in [4.69, 9.17) is 14.2 Å². The molecule has 1 rings (SSSR count). The number of rotatable bonds is 3. The summed E-state index contributed by atoms with van der Waals surface area (Å²) >= 11 is 0. The standard InChI is InChI=1S/C12H23NO5/c1-11(2,3)18-10(15)13-8(6-14)9-7-16-12(4,5)17-9/h8-9,14H,6-7H2,1-5H3,(H,13,15)/t8-,9-/m0/s1. The first kappa shape index (κ1) is 15.2. The number of hydrogen-bond acceptors (Lipinski definition) is 5. The lowest BCUT2D eigenvalue weighted by molar-refractivity contribution is -0.142. The Balaban J connectivity index is 2.50. The van der Waals surface area contributed by atoms with E-state index in [1.807, 2.05) is 0 Å². The molecule has 1 heterocycles. The van der Waals surface area contributed by atoms with Crippen LogP contribution in [0.25, 0.3) is 0 Å². The molecule has 0 spiro atoms. The van der Waals surface area contributed by atoms with Crippen molar-refractivity contribution in [1.29, 1.82) is 0 Å². The molecule has 6 heteroatoms. The minimum atomic E-state index is -0.687. The van der Waals surface area contributed by atoms with Gasteiger partial charge in [0.15, 0.2) is 5.79 Å². The van der Waals surface area contributed by atoms with Crippen molar-refractivity contribution in [1.82, 2.24) is 5.32 Å². The SMILES string of the molecule is CC(C)(C)OC(=O)N[C@@H](CO)[C@@H]1COC(C)(C)O1. The Labute approximate surface area is 108 Å². The molecule has 18 heavy (non-hydrogen) atoms. The zero-order valence-electron chi connectivity index (χ0n) is 11.6. The Kier molecular flexibility index (Phi) is 4.58. The van der Waals surface area contributed by atoms with Gasteiger partial charge in [-0.3, -0.25) is 0 Å². The van der Waals surface area contributed by atoms with Gasteiger partial charge in [0.2, 0.25) is 0 Å². The van der Waals surface area contributed by atoms with E-state index in [1.54, 1.807) is 34.6 Å². The fraction of sp³-hybridized carbons (Fsp3) is 0.917. The highest BCUT2D eigenvalue weighted by molar-refractivity contribution is 5.68. The second kappa shape index (κ2) is 5.42. The number of ether oxygens (including phenoxy) is 3. The second-order valence-corrected chi connectivity index (χ2v) is 5.80. The average molecular weight is 261 g/mol. The topological polar surface area (TPSA) is 77.0 Å². The van der Waals surface area contributed by atoms with Crippen molar-refractivity contribution < 1.29 is 24.1 Å². The highest BCUT2D eigenvalue weighted by atomic mass is 16.7. The molecule has 0 aromatic rings. The van der Waals surface area contributed by atoms with Crippen LogP contribution in [-0.4, -0.2) is 47.9 Å². The lowest BCUT2D eigenvalue weighted by Gasteiger charge is -2.26. The predicted molar refractivity (Wildman–Crippen MR) is 65.1 cm³/mol. The third kappa shape index (κ3) is 4.80. The van der Waals surface area contributed by atoms with Gasteiger partial charge in [0, 0.05) is 0 Å². The van der Waals surface area contributed by atoms with E-state index in [0.29, 0.717) is 6.61 Å². The van der Waals surface area contributed by atoms with Gasteiger partial charge in [-0.05, 0) is 34.6 Å². The lowest BCUT2D eigenvalue weighted by Crippen LogP contribution is -2.48. The van der Waals surface area contributed by atoms with Gasteiger partial charge in [0.25, 0.3) is 0 Å². The van der Waals surface area contributed by atoms with Gasteiger partial charge in [-0.1, -0.05) is 0 Å². The van der Waals surface area contributed by atoms with Crippen molar-refractivity contribution in [3.8, 4) is 0 Å². The number of carbonyl (C=O) groups excluding carboxylic acids is 1. The van der Waals surface area contributed by atoms with Crippen LogP contribution in [0.2, 0.25) is 0 Å². The first-order valence-corrected chi connectivity index (χ1v) is 6.05. The van der Waals surface area contributed by atoms with Gasteiger partial charge in [-0.25, -0.2) is 4.79 Å². The Bertz CT molecular complexity index is 297. The summed E-state index contributed by atoms with van der Waals surface area (Å²) in [4.78, 5) is 11.6. The van der Waals surface area contributed by atoms with Gasteiger partial charge < -0.3 is 24.6 Å². The summed E-state index contributed by atoms with van der Waals surface area (Å²) in [6.07, 6.45) is -0.952. The van der Waals surface area contributed by atoms with E-state index in [2.05, 4.69) is 5.32 Å². The number of carbonyl (C=O) groups is 1. The summed E-state index contributed by atoms with van der Waals surface area (Å²) < 4.78 is 16.1. The van der Waals surface area contributed by atoms with Crippen LogP contribution in [0, 0.1) is 0 Å². The van der Waals surface area contributed by atoms with Crippen LogP contribution in [0.3, 0.4) is 0 Å². The number of amides is 1. The first-order valence-electron chi connectivity index (χ1n) is 6.05. The Morgan fingerprint density at radius 3 is 2.56 bits per heavy atom. The van der Waals surface area contributed by atoms with Crippen molar-refractivity contribution in [2.75, 3.05) is 13.2 Å². The van der Waals surface area contributed by atoms with E-state index in [9.17, 15) is 9.90 Å². The molecule has 0 unspecified atom stereocenters. The van der Waals surface area contributed by atoms with Gasteiger partial charge in [0.05, 0.1) is 19.3 Å². The van der Waals surface area contributed by atoms with E-state index in [0.717, 1.165) is 0 Å². The highest BCUT2D eigenvalue weighted by Gasteiger charge is 2.38. The molecule has 1 aliphatic heterocycles. The van der Waals surface area contributed by atoms with Crippen LogP contribution in [0.5, 0.6) is 0 Å². The minimum Gasteiger partial charge on any atom is -0.444 e. The maximum Gasteiger partial charge on any atom is 0.408 e. The van der Waals surface area contributed by atoms with Gasteiger partial charge in [-0.15, -0.1) is 0 Å². The monoisotopic (exact) mass is 261 g/mol. The van der Waals surface area contributed by atoms with Gasteiger partial charge in [-0.2, -0.15) is 0 Å². The molecule has 6 nitrogen and oxygen atoms in total. The normalized spacial score (nSPS) is 24.7. The molecule has 2 atom stereocenters. The van der Waals surface area contributed by atoms with Crippen molar-refractivity contribution in [2.45, 2.75) is 58.2 Å². The maximum atomic E-state index is 11.6. The van der Waals surface area contributed by atoms with Crippen molar-refractivity contribution in [3.05, 3.63) is 0 Å². The van der Waals surface area contributed by atoms with Gasteiger partial charge in [0.1, 0.15) is 11.7 Å². The largest absolute Gasteiger partial charge is 0.444 e. The quantitative estimate of drug-likeness (QED) is 0.793. The number of aliphatic hydroxyl groups excluding tert-OH is 1. The van der Waals surface area contributed by atoms with Crippen LogP contribution in [0.4, 0.5) is 4.79 Å². The third-order valence-corrected chi connectivity index (χ3v) is 2.38. The third-order valence-electron chi connectivity index (χ3n) is 2.38. The zero-order valence-corrected chi connectivity index (χ0v) is 11.6. The molecule has 1 aliphatic rings. The summed E-state index contributed by atoms with van der Waals surface area (Å²) in [5.41, 5.74) is -0.573. The maximum absolute atomic E-state index is 11.6. The molecule has 1 saturated heterocycles. The molecule has 0 saturated carbocycles. The molecular formula is C12H23NO5. The molecule has 0 aromatic heterocycles. The molecule has 0 aliphatic carbocycles. The van der Waals surface area contributed by atoms with Crippen molar-refractivity contribution in [2.24, 2.45) is 0 Å². The van der Waals surface area contributed by atoms with E-state index in [-0.39, 0.29) is 12.7 Å². The summed E-state index contributed by atoms with van der Waals surface area (Å²) in [6, 6.07) is -0.540. The average Bonchev–Trinajstić information content (AvgIpc) is 2.52.